The van der Waals surface area contributed by atoms with Gasteiger partial charge in [-0.25, -0.2) is 13.2 Å². The van der Waals surface area contributed by atoms with Gasteiger partial charge in [-0.1, -0.05) is 0 Å². The van der Waals surface area contributed by atoms with Crippen LogP contribution in [-0.2, 0) is 27.8 Å². The minimum absolute atomic E-state index is 0.0788. The highest BCUT2D eigenvalue weighted by atomic mass is 32.2. The van der Waals surface area contributed by atoms with Crippen LogP contribution in [0.25, 0.3) is 0 Å². The van der Waals surface area contributed by atoms with E-state index < -0.39 is 16.0 Å². The number of hydrogen-bond acceptors (Lipinski definition) is 6. The van der Waals surface area contributed by atoms with Crippen molar-refractivity contribution in [2.24, 2.45) is 0 Å². The molecule has 8 nitrogen and oxygen atoms in total. The van der Waals surface area contributed by atoms with Crippen molar-refractivity contribution in [2.75, 3.05) is 26.7 Å². The highest BCUT2D eigenvalue weighted by Crippen LogP contribution is 2.37. The molecule has 0 aromatic carbocycles. The first-order chi connectivity index (χ1) is 11.7. The van der Waals surface area contributed by atoms with Gasteiger partial charge in [0, 0.05) is 44.5 Å². The first-order valence-corrected chi connectivity index (χ1v) is 10.3. The van der Waals surface area contributed by atoms with E-state index in [1.807, 2.05) is 0 Å². The molecule has 10 heteroatoms. The molecule has 2 aliphatic rings. The van der Waals surface area contributed by atoms with Gasteiger partial charge in [-0.2, -0.15) is 4.31 Å². The van der Waals surface area contributed by atoms with Crippen LogP contribution < -0.4 is 5.32 Å². The van der Waals surface area contributed by atoms with Gasteiger partial charge in [0.2, 0.25) is 5.91 Å². The van der Waals surface area contributed by atoms with Crippen LogP contribution in [0.15, 0.2) is 4.21 Å². The van der Waals surface area contributed by atoms with E-state index in [1.54, 1.807) is 7.05 Å². The van der Waals surface area contributed by atoms with Gasteiger partial charge < -0.3 is 15.3 Å². The van der Waals surface area contributed by atoms with E-state index in [0.717, 1.165) is 16.2 Å². The lowest BCUT2D eigenvalue weighted by atomic mass is 10.1. The summed E-state index contributed by atoms with van der Waals surface area (Å²) in [6, 6.07) is -0.184. The molecule has 1 saturated heterocycles. The Bertz CT molecular complexity index is 817. The molecule has 2 N–H and O–H groups in total. The molecule has 2 aliphatic heterocycles. The Morgan fingerprint density at radius 2 is 2.12 bits per heavy atom. The zero-order valence-corrected chi connectivity index (χ0v) is 15.7. The van der Waals surface area contributed by atoms with E-state index in [2.05, 4.69) is 5.32 Å². The van der Waals surface area contributed by atoms with Crippen LogP contribution in [0.5, 0.6) is 0 Å². The molecule has 0 saturated carbocycles. The second kappa shape index (κ2) is 6.67. The maximum atomic E-state index is 13.1. The van der Waals surface area contributed by atoms with E-state index in [1.165, 1.54) is 16.1 Å². The van der Waals surface area contributed by atoms with Crippen molar-refractivity contribution in [3.63, 3.8) is 0 Å². The molecule has 0 spiro atoms. The van der Waals surface area contributed by atoms with E-state index in [-0.39, 0.29) is 34.8 Å². The quantitative estimate of drug-likeness (QED) is 0.771. The van der Waals surface area contributed by atoms with Crippen LogP contribution in [0.1, 0.15) is 34.1 Å². The number of nitrogens with zero attached hydrogens (tertiary/aromatic N) is 2. The predicted octanol–water partition coefficient (Wildman–Crippen LogP) is 0.333. The number of sulfonamides is 1. The number of carbonyl (C=O) groups excluding carboxylic acids is 1. The monoisotopic (exact) mass is 387 g/mol. The van der Waals surface area contributed by atoms with Crippen molar-refractivity contribution < 1.29 is 23.1 Å². The number of thiophene rings is 1. The molecule has 0 bridgehead atoms. The van der Waals surface area contributed by atoms with Crippen molar-refractivity contribution >= 4 is 33.2 Å². The molecular formula is C15H21N3O5S2. The van der Waals surface area contributed by atoms with Gasteiger partial charge >= 0.3 is 5.97 Å². The summed E-state index contributed by atoms with van der Waals surface area (Å²) in [6.45, 7) is 3.05. The largest absolute Gasteiger partial charge is 0.478 e. The number of carboxylic acids is 1. The fourth-order valence-corrected chi connectivity index (χ4v) is 6.82. The van der Waals surface area contributed by atoms with Crippen molar-refractivity contribution in [3.05, 3.63) is 16.0 Å². The normalized spacial score (nSPS) is 21.1. The lowest BCUT2D eigenvalue weighted by molar-refractivity contribution is -0.129. The maximum Gasteiger partial charge on any atom is 0.338 e. The summed E-state index contributed by atoms with van der Waals surface area (Å²) in [6.07, 6.45) is 1.06. The summed E-state index contributed by atoms with van der Waals surface area (Å²) >= 11 is 1.05. The third-order valence-electron chi connectivity index (χ3n) is 4.85. The molecule has 3 heterocycles. The minimum Gasteiger partial charge on any atom is -0.478 e. The first-order valence-electron chi connectivity index (χ1n) is 8.05. The van der Waals surface area contributed by atoms with E-state index >= 15 is 0 Å². The standard InChI is InChI=1S/C15H21N3O5S2/c1-9(19)17(2)10-4-6-18(8-10)25(22,23)15-13(14(20)21)11-3-5-16-7-12(11)24-15/h10,16H,3-8H2,1-2H3,(H,20,21)/t10-/m0/s1. The van der Waals surface area contributed by atoms with Crippen molar-refractivity contribution in [1.29, 1.82) is 0 Å². The third kappa shape index (κ3) is 3.19. The number of nitrogens with one attached hydrogen (secondary N) is 1. The molecule has 1 atom stereocenters. The van der Waals surface area contributed by atoms with E-state index in [9.17, 15) is 23.1 Å². The van der Waals surface area contributed by atoms with Crippen LogP contribution in [0.2, 0.25) is 0 Å². The van der Waals surface area contributed by atoms with E-state index in [0.29, 0.717) is 31.5 Å². The Morgan fingerprint density at radius 3 is 2.76 bits per heavy atom. The average Bonchev–Trinajstić information content (AvgIpc) is 3.19. The van der Waals surface area contributed by atoms with Crippen molar-refractivity contribution in [2.45, 2.75) is 36.6 Å². The number of likely N-dealkylation sites (N-methyl/N-ethyl adjacent to an activating group) is 1. The molecule has 25 heavy (non-hydrogen) atoms. The first kappa shape index (κ1) is 18.3. The van der Waals surface area contributed by atoms with Crippen molar-refractivity contribution in [3.8, 4) is 0 Å². The van der Waals surface area contributed by atoms with Crippen LogP contribution in [0.4, 0.5) is 0 Å². The fraction of sp³-hybridized carbons (Fsp3) is 0.600. The Labute approximate surface area is 150 Å². The molecule has 0 radical (unpaired) electrons. The second-order valence-corrected chi connectivity index (χ2v) is 9.57. The Balaban J connectivity index is 1.95. The highest BCUT2D eigenvalue weighted by molar-refractivity contribution is 7.91. The molecule has 138 valence electrons. The smallest absolute Gasteiger partial charge is 0.338 e. The maximum absolute atomic E-state index is 13.1. The summed E-state index contributed by atoms with van der Waals surface area (Å²) in [4.78, 5) is 25.6. The Kier molecular flexibility index (Phi) is 4.89. The van der Waals surface area contributed by atoms with Gasteiger partial charge in [0.05, 0.1) is 5.56 Å². The number of rotatable bonds is 4. The SMILES string of the molecule is CC(=O)N(C)[C@H]1CCN(S(=O)(=O)c2sc3c(c2C(=O)O)CCNC3)C1. The van der Waals surface area contributed by atoms with Crippen LogP contribution >= 0.6 is 11.3 Å². The molecule has 1 fully saturated rings. The van der Waals surface area contributed by atoms with Gasteiger partial charge in [0.1, 0.15) is 4.21 Å². The number of amides is 1. The third-order valence-corrected chi connectivity index (χ3v) is 8.45. The predicted molar refractivity (Wildman–Crippen MR) is 92.3 cm³/mol. The lowest BCUT2D eigenvalue weighted by Crippen LogP contribution is -2.39. The number of aromatic carboxylic acids is 1. The van der Waals surface area contributed by atoms with Gasteiger partial charge in [-0.15, -0.1) is 11.3 Å². The highest BCUT2D eigenvalue weighted by Gasteiger charge is 2.39. The molecule has 3 rings (SSSR count). The second-order valence-electron chi connectivity index (χ2n) is 6.33. The summed E-state index contributed by atoms with van der Waals surface area (Å²) in [5, 5.41) is 12.7. The number of carboxylic acid groups (broad SMARTS) is 1. The summed E-state index contributed by atoms with van der Waals surface area (Å²) in [5.41, 5.74) is 0.552. The van der Waals surface area contributed by atoms with E-state index in [4.69, 9.17) is 0 Å². The van der Waals surface area contributed by atoms with Gasteiger partial charge in [0.25, 0.3) is 10.0 Å². The van der Waals surface area contributed by atoms with Crippen molar-refractivity contribution in [1.82, 2.24) is 14.5 Å². The fourth-order valence-electron chi connectivity index (χ4n) is 3.33. The zero-order chi connectivity index (χ0) is 18.4. The minimum atomic E-state index is -3.90. The summed E-state index contributed by atoms with van der Waals surface area (Å²) in [7, 11) is -2.24. The molecule has 1 amide bonds. The molecule has 0 aliphatic carbocycles. The van der Waals surface area contributed by atoms with Crippen LogP contribution in [-0.4, -0.2) is 67.3 Å². The molecule has 0 unspecified atom stereocenters. The number of fused-ring (bicyclic) bond motifs is 1. The molecule has 1 aromatic heterocycles. The topological polar surface area (TPSA) is 107 Å². The zero-order valence-electron chi connectivity index (χ0n) is 14.1. The summed E-state index contributed by atoms with van der Waals surface area (Å²) in [5.74, 6) is -1.32. The van der Waals surface area contributed by atoms with Gasteiger partial charge in [0.15, 0.2) is 0 Å². The van der Waals surface area contributed by atoms with Crippen LogP contribution in [0.3, 0.4) is 0 Å². The Hall–Kier alpha value is -1.49. The van der Waals surface area contributed by atoms with Gasteiger partial charge in [-0.05, 0) is 24.9 Å². The molecule has 1 aromatic rings. The Morgan fingerprint density at radius 1 is 1.40 bits per heavy atom. The number of carbonyl (C=O) groups is 2. The van der Waals surface area contributed by atoms with Gasteiger partial charge in [-0.3, -0.25) is 4.79 Å². The molecular weight excluding hydrogens is 366 g/mol. The average molecular weight is 387 g/mol. The number of hydrogen-bond donors (Lipinski definition) is 2. The van der Waals surface area contributed by atoms with Crippen LogP contribution in [0, 0.1) is 0 Å². The lowest BCUT2D eigenvalue weighted by Gasteiger charge is -2.23. The summed E-state index contributed by atoms with van der Waals surface area (Å²) < 4.78 is 27.3.